The third-order valence-electron chi connectivity index (χ3n) is 3.92. The number of methoxy groups -OCH3 is 1. The minimum atomic E-state index is 0.283. The predicted octanol–water partition coefficient (Wildman–Crippen LogP) is 1.07. The van der Waals surface area contributed by atoms with E-state index < -0.39 is 0 Å². The lowest BCUT2D eigenvalue weighted by Crippen LogP contribution is -2.41. The van der Waals surface area contributed by atoms with Crippen molar-refractivity contribution >= 4 is 5.91 Å². The summed E-state index contributed by atoms with van der Waals surface area (Å²) in [5.74, 6) is 0.717. The topological polar surface area (TPSA) is 48.0 Å². The highest BCUT2D eigenvalue weighted by atomic mass is 16.5. The van der Waals surface area contributed by atoms with Crippen LogP contribution >= 0.6 is 0 Å². The SMILES string of the molecule is COCCOC1CCN(C(=O)C[C@@H]2CCOC2)CC1. The lowest BCUT2D eigenvalue weighted by atomic mass is 10.0. The molecular weight excluding hydrogens is 246 g/mol. The highest BCUT2D eigenvalue weighted by Gasteiger charge is 2.26. The number of amides is 1. The average molecular weight is 271 g/mol. The molecule has 2 aliphatic heterocycles. The van der Waals surface area contributed by atoms with Crippen molar-refractivity contribution in [3.63, 3.8) is 0 Å². The summed E-state index contributed by atoms with van der Waals surface area (Å²) in [6.45, 7) is 4.50. The van der Waals surface area contributed by atoms with Gasteiger partial charge in [0.2, 0.25) is 5.91 Å². The summed E-state index contributed by atoms with van der Waals surface area (Å²) in [4.78, 5) is 14.1. The second-order valence-corrected chi connectivity index (χ2v) is 5.38. The number of carbonyl (C=O) groups is 1. The van der Waals surface area contributed by atoms with E-state index in [1.807, 2.05) is 4.90 Å². The first kappa shape index (κ1) is 14.8. The first-order valence-corrected chi connectivity index (χ1v) is 7.25. The van der Waals surface area contributed by atoms with Gasteiger partial charge < -0.3 is 19.1 Å². The van der Waals surface area contributed by atoms with Crippen LogP contribution in [0.5, 0.6) is 0 Å². The number of rotatable bonds is 6. The molecule has 2 aliphatic rings. The van der Waals surface area contributed by atoms with Crippen LogP contribution in [0.2, 0.25) is 0 Å². The van der Waals surface area contributed by atoms with Gasteiger partial charge in [0.05, 0.1) is 19.3 Å². The normalized spacial score (nSPS) is 24.9. The van der Waals surface area contributed by atoms with Gasteiger partial charge in [-0.05, 0) is 25.2 Å². The molecular formula is C14H25NO4. The fraction of sp³-hybridized carbons (Fsp3) is 0.929. The van der Waals surface area contributed by atoms with Crippen molar-refractivity contribution in [1.82, 2.24) is 4.90 Å². The first-order chi connectivity index (χ1) is 9.29. The Morgan fingerprint density at radius 1 is 1.26 bits per heavy atom. The monoisotopic (exact) mass is 271 g/mol. The molecule has 0 aromatic rings. The quantitative estimate of drug-likeness (QED) is 0.678. The van der Waals surface area contributed by atoms with Gasteiger partial charge in [-0.15, -0.1) is 0 Å². The van der Waals surface area contributed by atoms with Gasteiger partial charge in [0.15, 0.2) is 0 Å². The molecule has 0 saturated carbocycles. The Morgan fingerprint density at radius 3 is 2.68 bits per heavy atom. The molecule has 0 aliphatic carbocycles. The average Bonchev–Trinajstić information content (AvgIpc) is 2.93. The van der Waals surface area contributed by atoms with E-state index in [9.17, 15) is 4.79 Å². The number of ether oxygens (including phenoxy) is 3. The zero-order valence-corrected chi connectivity index (χ0v) is 11.8. The largest absolute Gasteiger partial charge is 0.382 e. The lowest BCUT2D eigenvalue weighted by molar-refractivity contribution is -0.135. The van der Waals surface area contributed by atoms with E-state index in [4.69, 9.17) is 14.2 Å². The first-order valence-electron chi connectivity index (χ1n) is 7.25. The molecule has 5 nitrogen and oxygen atoms in total. The molecule has 2 heterocycles. The Balaban J connectivity index is 1.63. The smallest absolute Gasteiger partial charge is 0.222 e. The van der Waals surface area contributed by atoms with E-state index in [-0.39, 0.29) is 12.0 Å². The van der Waals surface area contributed by atoms with E-state index >= 15 is 0 Å². The fourth-order valence-corrected chi connectivity index (χ4v) is 2.69. The van der Waals surface area contributed by atoms with E-state index in [1.54, 1.807) is 7.11 Å². The minimum Gasteiger partial charge on any atom is -0.382 e. The molecule has 0 radical (unpaired) electrons. The third kappa shape index (κ3) is 4.75. The van der Waals surface area contributed by atoms with Gasteiger partial charge >= 0.3 is 0 Å². The molecule has 19 heavy (non-hydrogen) atoms. The maximum atomic E-state index is 12.1. The second kappa shape index (κ2) is 7.82. The number of nitrogens with zero attached hydrogens (tertiary/aromatic N) is 1. The van der Waals surface area contributed by atoms with Crippen molar-refractivity contribution in [3.8, 4) is 0 Å². The van der Waals surface area contributed by atoms with Crippen LogP contribution in [0.25, 0.3) is 0 Å². The summed E-state index contributed by atoms with van der Waals surface area (Å²) in [6.07, 6.45) is 3.85. The van der Waals surface area contributed by atoms with Crippen molar-refractivity contribution in [2.45, 2.75) is 31.8 Å². The van der Waals surface area contributed by atoms with Crippen molar-refractivity contribution in [3.05, 3.63) is 0 Å². The molecule has 0 N–H and O–H groups in total. The Morgan fingerprint density at radius 2 is 2.05 bits per heavy atom. The summed E-state index contributed by atoms with van der Waals surface area (Å²) in [6, 6.07) is 0. The molecule has 0 unspecified atom stereocenters. The van der Waals surface area contributed by atoms with E-state index in [0.717, 1.165) is 45.6 Å². The van der Waals surface area contributed by atoms with Gasteiger partial charge in [0.25, 0.3) is 0 Å². The summed E-state index contributed by atoms with van der Waals surface area (Å²) < 4.78 is 16.0. The van der Waals surface area contributed by atoms with Gasteiger partial charge in [-0.1, -0.05) is 0 Å². The Bertz CT molecular complexity index is 271. The highest BCUT2D eigenvalue weighted by molar-refractivity contribution is 5.76. The van der Waals surface area contributed by atoms with Crippen LogP contribution in [0.15, 0.2) is 0 Å². The van der Waals surface area contributed by atoms with E-state index in [2.05, 4.69) is 0 Å². The Hall–Kier alpha value is -0.650. The van der Waals surface area contributed by atoms with Gasteiger partial charge in [-0.25, -0.2) is 0 Å². The van der Waals surface area contributed by atoms with Crippen molar-refractivity contribution in [2.24, 2.45) is 5.92 Å². The molecule has 0 aromatic heterocycles. The third-order valence-corrected chi connectivity index (χ3v) is 3.92. The summed E-state index contributed by atoms with van der Waals surface area (Å²) >= 11 is 0. The Kier molecular flexibility index (Phi) is 6.07. The summed E-state index contributed by atoms with van der Waals surface area (Å²) in [5, 5.41) is 0. The molecule has 1 amide bonds. The predicted molar refractivity (Wildman–Crippen MR) is 71.0 cm³/mol. The number of hydrogen-bond acceptors (Lipinski definition) is 4. The van der Waals surface area contributed by atoms with Crippen LogP contribution in [0, 0.1) is 5.92 Å². The number of hydrogen-bond donors (Lipinski definition) is 0. The van der Waals surface area contributed by atoms with Gasteiger partial charge in [-0.2, -0.15) is 0 Å². The zero-order chi connectivity index (χ0) is 13.5. The van der Waals surface area contributed by atoms with Gasteiger partial charge in [0, 0.05) is 39.8 Å². The van der Waals surface area contributed by atoms with E-state index in [1.165, 1.54) is 0 Å². The van der Waals surface area contributed by atoms with Gasteiger partial charge in [-0.3, -0.25) is 4.79 Å². The summed E-state index contributed by atoms with van der Waals surface area (Å²) in [5.41, 5.74) is 0. The summed E-state index contributed by atoms with van der Waals surface area (Å²) in [7, 11) is 1.68. The number of carbonyl (C=O) groups excluding carboxylic acids is 1. The van der Waals surface area contributed by atoms with Crippen LogP contribution < -0.4 is 0 Å². The van der Waals surface area contributed by atoms with Crippen LogP contribution in [-0.4, -0.2) is 63.5 Å². The van der Waals surface area contributed by atoms with Crippen LogP contribution in [0.1, 0.15) is 25.7 Å². The van der Waals surface area contributed by atoms with E-state index in [0.29, 0.717) is 25.6 Å². The fourth-order valence-electron chi connectivity index (χ4n) is 2.69. The molecule has 2 saturated heterocycles. The van der Waals surface area contributed by atoms with Crippen molar-refractivity contribution in [1.29, 1.82) is 0 Å². The lowest BCUT2D eigenvalue weighted by Gasteiger charge is -2.32. The molecule has 0 bridgehead atoms. The Labute approximate surface area is 115 Å². The highest BCUT2D eigenvalue weighted by Crippen LogP contribution is 2.20. The number of likely N-dealkylation sites (tertiary alicyclic amines) is 1. The molecule has 1 atom stereocenters. The molecule has 2 rings (SSSR count). The van der Waals surface area contributed by atoms with Crippen LogP contribution in [0.4, 0.5) is 0 Å². The van der Waals surface area contributed by atoms with Crippen molar-refractivity contribution in [2.75, 3.05) is 46.6 Å². The maximum absolute atomic E-state index is 12.1. The molecule has 0 spiro atoms. The second-order valence-electron chi connectivity index (χ2n) is 5.38. The van der Waals surface area contributed by atoms with Gasteiger partial charge in [0.1, 0.15) is 0 Å². The maximum Gasteiger partial charge on any atom is 0.222 e. The molecule has 5 heteroatoms. The molecule has 2 fully saturated rings. The standard InChI is InChI=1S/C14H25NO4/c1-17-8-9-19-13-2-5-15(6-3-13)14(16)10-12-4-7-18-11-12/h12-13H,2-11H2,1H3/t12-/m0/s1. The van der Waals surface area contributed by atoms with Crippen LogP contribution in [0.3, 0.4) is 0 Å². The molecule has 0 aromatic carbocycles. The molecule has 110 valence electrons. The van der Waals surface area contributed by atoms with Crippen LogP contribution in [-0.2, 0) is 19.0 Å². The minimum absolute atomic E-state index is 0.283. The number of piperidine rings is 1. The van der Waals surface area contributed by atoms with Crippen molar-refractivity contribution < 1.29 is 19.0 Å². The zero-order valence-electron chi connectivity index (χ0n) is 11.8.